The Hall–Kier alpha value is -1.10. The molecule has 1 aliphatic rings. The number of hydrogen-bond acceptors (Lipinski definition) is 3. The van der Waals surface area contributed by atoms with Gasteiger partial charge in [-0.3, -0.25) is 9.59 Å². The fourth-order valence-electron chi connectivity index (χ4n) is 2.11. The minimum atomic E-state index is -0.863. The Morgan fingerprint density at radius 1 is 1.35 bits per heavy atom. The number of carbonyl (C=O) groups excluding carboxylic acids is 1. The van der Waals surface area contributed by atoms with Crippen molar-refractivity contribution in [3.05, 3.63) is 0 Å². The smallest absolute Gasteiger partial charge is 0.307 e. The van der Waals surface area contributed by atoms with Crippen LogP contribution in [0.4, 0.5) is 0 Å². The highest BCUT2D eigenvalue weighted by molar-refractivity contribution is 5.89. The van der Waals surface area contributed by atoms with E-state index in [1.165, 1.54) is 0 Å². The largest absolute Gasteiger partial charge is 0.481 e. The second kappa shape index (κ2) is 5.49. The predicted octanol–water partition coefficient (Wildman–Crippen LogP) is 0.410. The molecule has 1 rings (SSSR count). The van der Waals surface area contributed by atoms with Gasteiger partial charge < -0.3 is 15.3 Å². The van der Waals surface area contributed by atoms with Crippen LogP contribution < -0.4 is 5.32 Å². The summed E-state index contributed by atoms with van der Waals surface area (Å²) in [4.78, 5) is 24.4. The van der Waals surface area contributed by atoms with Crippen LogP contribution in [0.5, 0.6) is 0 Å². The highest BCUT2D eigenvalue weighted by Gasteiger charge is 2.48. The van der Waals surface area contributed by atoms with Crippen LogP contribution >= 0.6 is 0 Å². The van der Waals surface area contributed by atoms with Gasteiger partial charge in [0.15, 0.2) is 0 Å². The molecule has 0 aromatic carbocycles. The molecule has 1 aliphatic carbocycles. The average Bonchev–Trinajstić information content (AvgIpc) is 2.95. The van der Waals surface area contributed by atoms with E-state index >= 15 is 0 Å². The Bertz CT molecular complexity index is 294. The van der Waals surface area contributed by atoms with Crippen LogP contribution in [0.3, 0.4) is 0 Å². The van der Waals surface area contributed by atoms with Gasteiger partial charge in [-0.05, 0) is 26.4 Å². The molecule has 1 fully saturated rings. The lowest BCUT2D eigenvalue weighted by Gasteiger charge is -2.28. The lowest BCUT2D eigenvalue weighted by atomic mass is 10.0. The van der Waals surface area contributed by atoms with Gasteiger partial charge in [0, 0.05) is 12.6 Å². The second-order valence-electron chi connectivity index (χ2n) is 5.31. The van der Waals surface area contributed by atoms with Crippen LogP contribution in [0.1, 0.15) is 20.3 Å². The lowest BCUT2D eigenvalue weighted by Crippen LogP contribution is -2.44. The van der Waals surface area contributed by atoms with Gasteiger partial charge in [0.05, 0.1) is 11.8 Å². The molecule has 17 heavy (non-hydrogen) atoms. The summed E-state index contributed by atoms with van der Waals surface area (Å²) in [5.74, 6) is -1.32. The molecule has 0 aromatic rings. The molecule has 0 aromatic heterocycles. The summed E-state index contributed by atoms with van der Waals surface area (Å²) in [6.07, 6.45) is 0.482. The highest BCUT2D eigenvalue weighted by Crippen LogP contribution is 2.38. The van der Waals surface area contributed by atoms with Crippen LogP contribution in [0, 0.1) is 17.8 Å². The van der Waals surface area contributed by atoms with Crippen LogP contribution in [0.15, 0.2) is 0 Å². The average molecular weight is 242 g/mol. The Labute approximate surface area is 102 Å². The fourth-order valence-corrected chi connectivity index (χ4v) is 2.11. The summed E-state index contributed by atoms with van der Waals surface area (Å²) in [6.45, 7) is 4.79. The zero-order chi connectivity index (χ0) is 13.2. The summed E-state index contributed by atoms with van der Waals surface area (Å²) in [7, 11) is 3.96. The van der Waals surface area contributed by atoms with Gasteiger partial charge in [-0.2, -0.15) is 0 Å². The summed E-state index contributed by atoms with van der Waals surface area (Å²) in [5.41, 5.74) is 0. The van der Waals surface area contributed by atoms with Crippen molar-refractivity contribution in [2.75, 3.05) is 20.6 Å². The van der Waals surface area contributed by atoms with Crippen molar-refractivity contribution >= 4 is 11.9 Å². The molecule has 98 valence electrons. The van der Waals surface area contributed by atoms with Gasteiger partial charge >= 0.3 is 5.97 Å². The lowest BCUT2D eigenvalue weighted by molar-refractivity contribution is -0.140. The maximum absolute atomic E-state index is 11.7. The van der Waals surface area contributed by atoms with Crippen molar-refractivity contribution in [2.24, 2.45) is 17.8 Å². The van der Waals surface area contributed by atoms with Gasteiger partial charge in [0.2, 0.25) is 5.91 Å². The van der Waals surface area contributed by atoms with E-state index in [4.69, 9.17) is 5.11 Å². The molecule has 0 radical (unpaired) electrons. The summed E-state index contributed by atoms with van der Waals surface area (Å²) < 4.78 is 0. The summed E-state index contributed by atoms with van der Waals surface area (Å²) >= 11 is 0. The third-order valence-electron chi connectivity index (χ3n) is 3.36. The Balaban J connectivity index is 2.36. The van der Waals surface area contributed by atoms with Crippen molar-refractivity contribution in [2.45, 2.75) is 26.3 Å². The van der Waals surface area contributed by atoms with E-state index in [0.717, 1.165) is 0 Å². The number of aliphatic carboxylic acids is 1. The Morgan fingerprint density at radius 2 is 1.94 bits per heavy atom. The van der Waals surface area contributed by atoms with E-state index in [1.807, 2.05) is 14.1 Å². The zero-order valence-electron chi connectivity index (χ0n) is 10.9. The van der Waals surface area contributed by atoms with Crippen molar-refractivity contribution in [1.82, 2.24) is 10.2 Å². The van der Waals surface area contributed by atoms with Gasteiger partial charge in [0.25, 0.3) is 0 Å². The SMILES string of the molecule is CC(C)C(CNC(=O)[C@@H]1C[C@@H]1C(=O)O)N(C)C. The maximum Gasteiger partial charge on any atom is 0.307 e. The van der Waals surface area contributed by atoms with Gasteiger partial charge in [-0.15, -0.1) is 0 Å². The number of carboxylic acid groups (broad SMARTS) is 1. The van der Waals surface area contributed by atoms with E-state index in [9.17, 15) is 9.59 Å². The molecule has 0 saturated heterocycles. The molecular formula is C12H22N2O3. The molecule has 0 aliphatic heterocycles. The number of nitrogens with zero attached hydrogens (tertiary/aromatic N) is 1. The molecule has 1 unspecified atom stereocenters. The molecule has 1 saturated carbocycles. The maximum atomic E-state index is 11.7. The first-order valence-corrected chi connectivity index (χ1v) is 6.01. The third-order valence-corrected chi connectivity index (χ3v) is 3.36. The summed E-state index contributed by atoms with van der Waals surface area (Å²) in [6, 6.07) is 0.279. The number of likely N-dealkylation sites (N-methyl/N-ethyl adjacent to an activating group) is 1. The van der Waals surface area contributed by atoms with Crippen LogP contribution in [0.2, 0.25) is 0 Å². The molecule has 5 heteroatoms. The van der Waals surface area contributed by atoms with E-state index in [-0.39, 0.29) is 17.9 Å². The monoisotopic (exact) mass is 242 g/mol. The number of nitrogens with one attached hydrogen (secondary N) is 1. The Kier molecular flexibility index (Phi) is 4.51. The number of carbonyl (C=O) groups is 2. The Morgan fingerprint density at radius 3 is 2.29 bits per heavy atom. The van der Waals surface area contributed by atoms with Crippen molar-refractivity contribution in [3.63, 3.8) is 0 Å². The van der Waals surface area contributed by atoms with Crippen molar-refractivity contribution in [3.8, 4) is 0 Å². The van der Waals surface area contributed by atoms with Gasteiger partial charge in [0.1, 0.15) is 0 Å². The number of hydrogen-bond donors (Lipinski definition) is 2. The number of carboxylic acids is 1. The molecule has 1 amide bonds. The molecule has 2 N–H and O–H groups in total. The molecule has 0 bridgehead atoms. The highest BCUT2D eigenvalue weighted by atomic mass is 16.4. The van der Waals surface area contributed by atoms with E-state index in [1.54, 1.807) is 0 Å². The minimum absolute atomic E-state index is 0.120. The molecule has 3 atom stereocenters. The van der Waals surface area contributed by atoms with Gasteiger partial charge in [-0.25, -0.2) is 0 Å². The summed E-state index contributed by atoms with van der Waals surface area (Å²) in [5, 5.41) is 11.6. The zero-order valence-corrected chi connectivity index (χ0v) is 10.9. The normalized spacial score (nSPS) is 24.8. The number of amides is 1. The standard InChI is InChI=1S/C12H22N2O3/c1-7(2)10(14(3)4)6-13-11(15)8-5-9(8)12(16)17/h7-10H,5-6H2,1-4H3,(H,13,15)(H,16,17)/t8-,9+,10?/m1/s1. The minimum Gasteiger partial charge on any atom is -0.481 e. The van der Waals surface area contributed by atoms with Crippen molar-refractivity contribution < 1.29 is 14.7 Å². The van der Waals surface area contributed by atoms with E-state index in [2.05, 4.69) is 24.1 Å². The third kappa shape index (κ3) is 3.70. The number of rotatable bonds is 6. The quantitative estimate of drug-likeness (QED) is 0.708. The predicted molar refractivity (Wildman–Crippen MR) is 64.6 cm³/mol. The first-order valence-electron chi connectivity index (χ1n) is 6.01. The molecule has 0 heterocycles. The van der Waals surface area contributed by atoms with Crippen LogP contribution in [-0.4, -0.2) is 48.6 Å². The molecule has 5 nitrogen and oxygen atoms in total. The first kappa shape index (κ1) is 14.0. The molecule has 0 spiro atoms. The van der Waals surface area contributed by atoms with E-state index in [0.29, 0.717) is 18.9 Å². The second-order valence-corrected chi connectivity index (χ2v) is 5.31. The van der Waals surface area contributed by atoms with Crippen molar-refractivity contribution in [1.29, 1.82) is 0 Å². The first-order chi connectivity index (χ1) is 7.84. The molecular weight excluding hydrogens is 220 g/mol. The van der Waals surface area contributed by atoms with Crippen LogP contribution in [-0.2, 0) is 9.59 Å². The topological polar surface area (TPSA) is 69.6 Å². The van der Waals surface area contributed by atoms with Gasteiger partial charge in [-0.1, -0.05) is 13.8 Å². The van der Waals surface area contributed by atoms with Crippen LogP contribution in [0.25, 0.3) is 0 Å². The fraction of sp³-hybridized carbons (Fsp3) is 0.833. The van der Waals surface area contributed by atoms with E-state index < -0.39 is 11.9 Å².